The molecule has 1 fully saturated rings. The highest BCUT2D eigenvalue weighted by molar-refractivity contribution is 5.64. The van der Waals surface area contributed by atoms with Crippen molar-refractivity contribution >= 4 is 11.3 Å². The van der Waals surface area contributed by atoms with Crippen LogP contribution in [0, 0.1) is 0 Å². The van der Waals surface area contributed by atoms with Gasteiger partial charge in [0.25, 0.3) is 0 Å². The number of anilines is 1. The Bertz CT molecular complexity index is 484. The van der Waals surface area contributed by atoms with Gasteiger partial charge in [0.2, 0.25) is 0 Å². The number of nitrogens with zero attached hydrogens (tertiary/aromatic N) is 3. The topological polar surface area (TPSA) is 68.2 Å². The van der Waals surface area contributed by atoms with Crippen LogP contribution in [-0.2, 0) is 0 Å². The minimum Gasteiger partial charge on any atom is -0.382 e. The molecule has 5 heteroatoms. The van der Waals surface area contributed by atoms with E-state index in [-0.39, 0.29) is 0 Å². The molecule has 1 saturated heterocycles. The highest BCUT2D eigenvalue weighted by Crippen LogP contribution is 2.23. The first-order chi connectivity index (χ1) is 7.36. The molecule has 0 amide bonds. The van der Waals surface area contributed by atoms with Crippen LogP contribution in [0.5, 0.6) is 0 Å². The van der Waals surface area contributed by atoms with Crippen molar-refractivity contribution in [2.75, 3.05) is 12.3 Å². The fraction of sp³-hybridized carbons (Fsp3) is 0.400. The van der Waals surface area contributed by atoms with E-state index in [9.17, 15) is 0 Å². The van der Waals surface area contributed by atoms with Gasteiger partial charge in [-0.3, -0.25) is 4.40 Å². The Morgan fingerprint density at radius 2 is 2.40 bits per heavy atom. The molecule has 1 aliphatic heterocycles. The van der Waals surface area contributed by atoms with Crippen LogP contribution < -0.4 is 11.1 Å². The van der Waals surface area contributed by atoms with Gasteiger partial charge in [0, 0.05) is 12.4 Å². The Balaban J connectivity index is 2.15. The van der Waals surface area contributed by atoms with Crippen molar-refractivity contribution in [3.63, 3.8) is 0 Å². The van der Waals surface area contributed by atoms with Crippen LogP contribution in [0.3, 0.4) is 0 Å². The molecule has 78 valence electrons. The van der Waals surface area contributed by atoms with Crippen molar-refractivity contribution < 1.29 is 0 Å². The molecule has 5 nitrogen and oxygen atoms in total. The van der Waals surface area contributed by atoms with Crippen LogP contribution in [0.4, 0.5) is 5.82 Å². The average Bonchev–Trinajstić information content (AvgIpc) is 2.85. The molecule has 3 N–H and O–H groups in total. The Morgan fingerprint density at radius 3 is 3.20 bits per heavy atom. The maximum Gasteiger partial charge on any atom is 0.149 e. The summed E-state index contributed by atoms with van der Waals surface area (Å²) in [7, 11) is 0. The molecule has 0 bridgehead atoms. The largest absolute Gasteiger partial charge is 0.382 e. The van der Waals surface area contributed by atoms with Gasteiger partial charge in [-0.1, -0.05) is 0 Å². The fourth-order valence-electron chi connectivity index (χ4n) is 2.13. The van der Waals surface area contributed by atoms with Crippen molar-refractivity contribution in [3.8, 4) is 0 Å². The van der Waals surface area contributed by atoms with Gasteiger partial charge in [0.15, 0.2) is 0 Å². The summed E-state index contributed by atoms with van der Waals surface area (Å²) in [4.78, 5) is 8.46. The van der Waals surface area contributed by atoms with Crippen LogP contribution in [0.25, 0.3) is 5.52 Å². The van der Waals surface area contributed by atoms with Gasteiger partial charge in [-0.25, -0.2) is 9.97 Å². The number of imidazole rings is 1. The highest BCUT2D eigenvalue weighted by Gasteiger charge is 2.20. The summed E-state index contributed by atoms with van der Waals surface area (Å²) in [5.41, 5.74) is 6.67. The molecular formula is C10H13N5. The van der Waals surface area contributed by atoms with Crippen LogP contribution in [0.15, 0.2) is 18.6 Å². The SMILES string of the molecule is Nc1nccn2c([C@@H]3CCCN3)ncc12. The molecule has 15 heavy (non-hydrogen) atoms. The van der Waals surface area contributed by atoms with Crippen molar-refractivity contribution in [1.82, 2.24) is 19.7 Å². The lowest BCUT2D eigenvalue weighted by molar-refractivity contribution is 0.602. The normalized spacial score (nSPS) is 21.2. The third kappa shape index (κ3) is 1.27. The lowest BCUT2D eigenvalue weighted by atomic mass is 10.2. The Labute approximate surface area is 87.3 Å². The predicted octanol–water partition coefficient (Wildman–Crippen LogP) is 0.736. The highest BCUT2D eigenvalue weighted by atomic mass is 15.1. The van der Waals surface area contributed by atoms with Crippen LogP contribution >= 0.6 is 0 Å². The Hall–Kier alpha value is -1.62. The van der Waals surface area contributed by atoms with Crippen LogP contribution in [0.1, 0.15) is 24.7 Å². The van der Waals surface area contributed by atoms with Crippen molar-refractivity contribution in [3.05, 3.63) is 24.4 Å². The minimum absolute atomic E-state index is 0.356. The smallest absolute Gasteiger partial charge is 0.149 e. The number of hydrogen-bond donors (Lipinski definition) is 2. The van der Waals surface area contributed by atoms with E-state index in [0.717, 1.165) is 24.3 Å². The third-order valence-corrected chi connectivity index (χ3v) is 2.89. The second kappa shape index (κ2) is 3.20. The zero-order valence-corrected chi connectivity index (χ0v) is 8.35. The van der Waals surface area contributed by atoms with Crippen molar-refractivity contribution in [2.45, 2.75) is 18.9 Å². The lowest BCUT2D eigenvalue weighted by Crippen LogP contribution is -2.15. The first kappa shape index (κ1) is 8.67. The molecule has 3 heterocycles. The van der Waals surface area contributed by atoms with E-state index in [2.05, 4.69) is 15.3 Å². The molecular weight excluding hydrogens is 190 g/mol. The van der Waals surface area contributed by atoms with E-state index >= 15 is 0 Å². The number of hydrogen-bond acceptors (Lipinski definition) is 4. The van der Waals surface area contributed by atoms with Crippen LogP contribution in [0.2, 0.25) is 0 Å². The number of nitrogen functional groups attached to an aromatic ring is 1. The second-order valence-corrected chi connectivity index (χ2v) is 3.83. The minimum atomic E-state index is 0.356. The molecule has 0 radical (unpaired) electrons. The summed E-state index contributed by atoms with van der Waals surface area (Å²) >= 11 is 0. The number of nitrogens with two attached hydrogens (primary N) is 1. The molecule has 1 aliphatic rings. The standard InChI is InChI=1S/C10H13N5/c11-9-8-6-14-10(7-2-1-3-12-7)15(8)5-4-13-9/h4-7,12H,1-3H2,(H2,11,13)/t7-/m0/s1. The summed E-state index contributed by atoms with van der Waals surface area (Å²) in [6.07, 6.45) is 7.76. The van der Waals surface area contributed by atoms with Crippen LogP contribution in [-0.4, -0.2) is 20.9 Å². The molecule has 2 aromatic rings. The van der Waals surface area contributed by atoms with Gasteiger partial charge >= 0.3 is 0 Å². The number of aromatic nitrogens is 3. The molecule has 2 aromatic heterocycles. The van der Waals surface area contributed by atoms with E-state index in [1.807, 2.05) is 10.6 Å². The summed E-state index contributed by atoms with van der Waals surface area (Å²) in [5.74, 6) is 1.57. The molecule has 0 aromatic carbocycles. The van der Waals surface area contributed by atoms with Gasteiger partial charge in [0.1, 0.15) is 17.2 Å². The van der Waals surface area contributed by atoms with E-state index in [1.165, 1.54) is 6.42 Å². The van der Waals surface area contributed by atoms with Crippen molar-refractivity contribution in [1.29, 1.82) is 0 Å². The summed E-state index contributed by atoms with van der Waals surface area (Å²) in [6, 6.07) is 0.356. The molecule has 0 spiro atoms. The first-order valence-electron chi connectivity index (χ1n) is 5.17. The van der Waals surface area contributed by atoms with Crippen molar-refractivity contribution in [2.24, 2.45) is 0 Å². The van der Waals surface area contributed by atoms with Gasteiger partial charge in [-0.05, 0) is 19.4 Å². The lowest BCUT2D eigenvalue weighted by Gasteiger charge is -2.08. The Kier molecular flexibility index (Phi) is 1.85. The maximum absolute atomic E-state index is 5.78. The average molecular weight is 203 g/mol. The van der Waals surface area contributed by atoms with E-state index in [4.69, 9.17) is 5.73 Å². The van der Waals surface area contributed by atoms with E-state index in [1.54, 1.807) is 12.4 Å². The zero-order valence-electron chi connectivity index (χ0n) is 8.35. The molecule has 0 saturated carbocycles. The third-order valence-electron chi connectivity index (χ3n) is 2.89. The summed E-state index contributed by atoms with van der Waals surface area (Å²) in [5, 5.41) is 3.43. The molecule has 0 unspecified atom stereocenters. The predicted molar refractivity (Wildman–Crippen MR) is 57.4 cm³/mol. The number of nitrogens with one attached hydrogen (secondary N) is 1. The van der Waals surface area contributed by atoms with Gasteiger partial charge in [0.05, 0.1) is 12.2 Å². The van der Waals surface area contributed by atoms with E-state index in [0.29, 0.717) is 11.9 Å². The Morgan fingerprint density at radius 1 is 1.47 bits per heavy atom. The quantitative estimate of drug-likeness (QED) is 0.717. The molecule has 1 atom stereocenters. The second-order valence-electron chi connectivity index (χ2n) is 3.83. The monoisotopic (exact) mass is 203 g/mol. The molecule has 3 rings (SSSR count). The van der Waals surface area contributed by atoms with Gasteiger partial charge in [-0.15, -0.1) is 0 Å². The fourth-order valence-corrected chi connectivity index (χ4v) is 2.13. The van der Waals surface area contributed by atoms with Gasteiger partial charge < -0.3 is 11.1 Å². The number of fused-ring (bicyclic) bond motifs is 1. The summed E-state index contributed by atoms with van der Waals surface area (Å²) in [6.45, 7) is 1.07. The zero-order chi connectivity index (χ0) is 10.3. The van der Waals surface area contributed by atoms with Gasteiger partial charge in [-0.2, -0.15) is 0 Å². The van der Waals surface area contributed by atoms with E-state index < -0.39 is 0 Å². The first-order valence-corrected chi connectivity index (χ1v) is 5.17. The maximum atomic E-state index is 5.78. The molecule has 0 aliphatic carbocycles. The number of rotatable bonds is 1. The summed E-state index contributed by atoms with van der Waals surface area (Å²) < 4.78 is 2.02.